The molecule has 2 aromatic rings. The Morgan fingerprint density at radius 1 is 1.16 bits per heavy atom. The van der Waals surface area contributed by atoms with Gasteiger partial charge in [0.25, 0.3) is 5.91 Å². The third-order valence-electron chi connectivity index (χ3n) is 3.11. The largest absolute Gasteiger partial charge is 0.452 e. The van der Waals surface area contributed by atoms with Gasteiger partial charge in [-0.05, 0) is 30.3 Å². The topological polar surface area (TPSA) is 87.7 Å². The van der Waals surface area contributed by atoms with E-state index in [2.05, 4.69) is 26.6 Å². The van der Waals surface area contributed by atoms with Crippen molar-refractivity contribution in [3.05, 3.63) is 58.3 Å². The molecule has 0 saturated heterocycles. The highest BCUT2D eigenvalue weighted by Crippen LogP contribution is 2.19. The molecule has 8 heteroatoms. The summed E-state index contributed by atoms with van der Waals surface area (Å²) in [5, 5.41) is 14.1. The predicted molar refractivity (Wildman–Crippen MR) is 95.0 cm³/mol. The number of rotatable bonds is 7. The van der Waals surface area contributed by atoms with Gasteiger partial charge in [0, 0.05) is 16.7 Å². The van der Waals surface area contributed by atoms with E-state index >= 15 is 0 Å². The van der Waals surface area contributed by atoms with Crippen molar-refractivity contribution in [1.82, 2.24) is 0 Å². The van der Waals surface area contributed by atoms with Gasteiger partial charge < -0.3 is 20.5 Å². The molecule has 0 spiro atoms. The number of nitrogens with one attached hydrogen (secondary N) is 2. The van der Waals surface area contributed by atoms with Crippen LogP contribution in [0.1, 0.15) is 10.4 Å². The quantitative estimate of drug-likeness (QED) is 0.610. The molecule has 0 radical (unpaired) electrons. The second-order valence-corrected chi connectivity index (χ2v) is 5.86. The van der Waals surface area contributed by atoms with E-state index in [1.54, 1.807) is 24.3 Å². The van der Waals surface area contributed by atoms with Crippen LogP contribution in [0.15, 0.2) is 46.9 Å². The van der Waals surface area contributed by atoms with Crippen molar-refractivity contribution in [2.75, 3.05) is 30.4 Å². The normalized spacial score (nSPS) is 10.2. The van der Waals surface area contributed by atoms with Crippen molar-refractivity contribution < 1.29 is 23.8 Å². The molecule has 0 fully saturated rings. The lowest BCUT2D eigenvalue weighted by Crippen LogP contribution is -2.22. The zero-order valence-electron chi connectivity index (χ0n) is 13.1. The Morgan fingerprint density at radius 2 is 1.92 bits per heavy atom. The van der Waals surface area contributed by atoms with Gasteiger partial charge in [0.15, 0.2) is 6.61 Å². The first-order valence-corrected chi connectivity index (χ1v) is 8.16. The van der Waals surface area contributed by atoms with Crippen molar-refractivity contribution in [1.29, 1.82) is 0 Å². The van der Waals surface area contributed by atoms with Gasteiger partial charge in [-0.15, -0.1) is 0 Å². The van der Waals surface area contributed by atoms with E-state index in [0.29, 0.717) is 10.2 Å². The zero-order chi connectivity index (χ0) is 18.2. The number of anilines is 2. The van der Waals surface area contributed by atoms with Crippen LogP contribution in [0, 0.1) is 5.82 Å². The SMILES string of the molecule is O=C(COC(=O)c1ccccc1NCCO)Nc1ccc(Br)cc1F. The van der Waals surface area contributed by atoms with E-state index in [1.165, 1.54) is 18.2 Å². The van der Waals surface area contributed by atoms with Crippen LogP contribution in [-0.4, -0.2) is 36.7 Å². The summed E-state index contributed by atoms with van der Waals surface area (Å²) in [6.45, 7) is -0.374. The molecule has 25 heavy (non-hydrogen) atoms. The number of aliphatic hydroxyl groups is 1. The molecule has 2 rings (SSSR count). The lowest BCUT2D eigenvalue weighted by molar-refractivity contribution is -0.119. The first-order chi connectivity index (χ1) is 12.0. The summed E-state index contributed by atoms with van der Waals surface area (Å²) in [5.74, 6) is -1.96. The van der Waals surface area contributed by atoms with Crippen molar-refractivity contribution in [3.63, 3.8) is 0 Å². The van der Waals surface area contributed by atoms with Crippen LogP contribution in [0.25, 0.3) is 0 Å². The molecule has 6 nitrogen and oxygen atoms in total. The lowest BCUT2D eigenvalue weighted by atomic mass is 10.2. The first kappa shape index (κ1) is 18.9. The molecule has 0 saturated carbocycles. The van der Waals surface area contributed by atoms with Gasteiger partial charge >= 0.3 is 5.97 Å². The van der Waals surface area contributed by atoms with Crippen LogP contribution in [0.3, 0.4) is 0 Å². The van der Waals surface area contributed by atoms with Crippen LogP contribution >= 0.6 is 15.9 Å². The summed E-state index contributed by atoms with van der Waals surface area (Å²) in [6, 6.07) is 10.8. The summed E-state index contributed by atoms with van der Waals surface area (Å²) in [4.78, 5) is 23.9. The summed E-state index contributed by atoms with van der Waals surface area (Å²) >= 11 is 3.12. The molecule has 1 amide bonds. The van der Waals surface area contributed by atoms with Gasteiger partial charge in [-0.1, -0.05) is 28.1 Å². The molecule has 2 aromatic carbocycles. The standard InChI is InChI=1S/C17H16BrFN2O4/c18-11-5-6-15(13(19)9-11)21-16(23)10-25-17(24)12-3-1-2-4-14(12)20-7-8-22/h1-6,9,20,22H,7-8,10H2,(H,21,23). The third-order valence-corrected chi connectivity index (χ3v) is 3.61. The van der Waals surface area contributed by atoms with Gasteiger partial charge in [-0.3, -0.25) is 4.79 Å². The molecule has 132 valence electrons. The van der Waals surface area contributed by atoms with Gasteiger partial charge in [-0.25, -0.2) is 9.18 Å². The molecule has 0 unspecified atom stereocenters. The number of hydrogen-bond donors (Lipinski definition) is 3. The van der Waals surface area contributed by atoms with Crippen molar-refractivity contribution in [2.24, 2.45) is 0 Å². The highest BCUT2D eigenvalue weighted by atomic mass is 79.9. The van der Waals surface area contributed by atoms with Crippen LogP contribution in [0.2, 0.25) is 0 Å². The minimum absolute atomic E-state index is 0.00531. The van der Waals surface area contributed by atoms with Crippen molar-refractivity contribution >= 4 is 39.2 Å². The summed E-state index contributed by atoms with van der Waals surface area (Å²) in [5.41, 5.74) is 0.716. The van der Waals surface area contributed by atoms with E-state index in [-0.39, 0.29) is 24.4 Å². The number of benzene rings is 2. The average molecular weight is 411 g/mol. The highest BCUT2D eigenvalue weighted by molar-refractivity contribution is 9.10. The Labute approximate surface area is 152 Å². The average Bonchev–Trinajstić information content (AvgIpc) is 2.60. The van der Waals surface area contributed by atoms with Crippen LogP contribution in [0.5, 0.6) is 0 Å². The Bertz CT molecular complexity index is 770. The summed E-state index contributed by atoms with van der Waals surface area (Å²) < 4.78 is 19.2. The van der Waals surface area contributed by atoms with Gasteiger partial charge in [0.1, 0.15) is 5.82 Å². The number of esters is 1. The molecule has 0 aliphatic rings. The number of para-hydroxylation sites is 1. The van der Waals surface area contributed by atoms with E-state index in [0.717, 1.165) is 0 Å². The van der Waals surface area contributed by atoms with Crippen molar-refractivity contribution in [3.8, 4) is 0 Å². The molecule has 0 atom stereocenters. The number of hydrogen-bond acceptors (Lipinski definition) is 5. The maximum atomic E-state index is 13.7. The van der Waals surface area contributed by atoms with E-state index in [1.807, 2.05) is 0 Å². The smallest absolute Gasteiger partial charge is 0.340 e. The number of aliphatic hydroxyl groups excluding tert-OH is 1. The minimum Gasteiger partial charge on any atom is -0.452 e. The van der Waals surface area contributed by atoms with Gasteiger partial charge in [0.05, 0.1) is 17.9 Å². The van der Waals surface area contributed by atoms with E-state index < -0.39 is 24.3 Å². The fraction of sp³-hybridized carbons (Fsp3) is 0.176. The fourth-order valence-corrected chi connectivity index (χ4v) is 2.32. The number of carbonyl (C=O) groups excluding carboxylic acids is 2. The van der Waals surface area contributed by atoms with E-state index in [9.17, 15) is 14.0 Å². The van der Waals surface area contributed by atoms with Crippen molar-refractivity contribution in [2.45, 2.75) is 0 Å². The second kappa shape index (κ2) is 9.14. The minimum atomic E-state index is -0.701. The maximum absolute atomic E-state index is 13.7. The first-order valence-electron chi connectivity index (χ1n) is 7.37. The van der Waals surface area contributed by atoms with Crippen LogP contribution < -0.4 is 10.6 Å². The Balaban J connectivity index is 1.94. The third kappa shape index (κ3) is 5.54. The summed E-state index contributed by atoms with van der Waals surface area (Å²) in [7, 11) is 0. The molecule has 3 N–H and O–H groups in total. The predicted octanol–water partition coefficient (Wildman–Crippen LogP) is 2.79. The van der Waals surface area contributed by atoms with Gasteiger partial charge in [0.2, 0.25) is 0 Å². The monoisotopic (exact) mass is 410 g/mol. The molecular weight excluding hydrogens is 395 g/mol. The second-order valence-electron chi connectivity index (χ2n) is 4.94. The molecule has 0 aliphatic carbocycles. The lowest BCUT2D eigenvalue weighted by Gasteiger charge is -2.11. The Hall–Kier alpha value is -2.45. The Morgan fingerprint density at radius 3 is 2.64 bits per heavy atom. The molecule has 0 aromatic heterocycles. The van der Waals surface area contributed by atoms with Crippen LogP contribution in [-0.2, 0) is 9.53 Å². The highest BCUT2D eigenvalue weighted by Gasteiger charge is 2.15. The number of amides is 1. The number of halogens is 2. The maximum Gasteiger partial charge on any atom is 0.340 e. The summed E-state index contributed by atoms with van der Waals surface area (Å²) in [6.07, 6.45) is 0. The van der Waals surface area contributed by atoms with Crippen LogP contribution in [0.4, 0.5) is 15.8 Å². The fourth-order valence-electron chi connectivity index (χ4n) is 1.99. The molecule has 0 bridgehead atoms. The molecule has 0 heterocycles. The number of ether oxygens (including phenoxy) is 1. The molecule has 0 aliphatic heterocycles. The Kier molecular flexibility index (Phi) is 6.91. The van der Waals surface area contributed by atoms with Gasteiger partial charge in [-0.2, -0.15) is 0 Å². The number of carbonyl (C=O) groups is 2. The molecular formula is C17H16BrFN2O4. The zero-order valence-corrected chi connectivity index (χ0v) is 14.7. The van der Waals surface area contributed by atoms with E-state index in [4.69, 9.17) is 9.84 Å².